The number of ether oxygens (including phenoxy) is 1. The molecule has 0 aliphatic rings. The quantitative estimate of drug-likeness (QED) is 0.233. The number of anilines is 1. The van der Waals surface area contributed by atoms with E-state index in [0.717, 1.165) is 11.1 Å². The van der Waals surface area contributed by atoms with E-state index in [1.54, 1.807) is 24.3 Å². The number of hydrogen-bond donors (Lipinski definition) is 1. The van der Waals surface area contributed by atoms with Crippen molar-refractivity contribution in [3.8, 4) is 11.8 Å². The number of rotatable bonds is 6. The first-order valence-electron chi connectivity index (χ1n) is 9.33. The highest BCUT2D eigenvalue weighted by atomic mass is 79.9. The highest BCUT2D eigenvalue weighted by molar-refractivity contribution is 9.11. The average molecular weight is 595 g/mol. The van der Waals surface area contributed by atoms with E-state index in [4.69, 9.17) is 27.9 Å². The van der Waals surface area contributed by atoms with Crippen LogP contribution in [0.3, 0.4) is 0 Å². The number of hydrogen-bond acceptors (Lipinski definition) is 3. The zero-order valence-corrected chi connectivity index (χ0v) is 21.4. The Bertz CT molecular complexity index is 1230. The van der Waals surface area contributed by atoms with E-state index in [9.17, 15) is 10.1 Å². The van der Waals surface area contributed by atoms with E-state index in [1.165, 1.54) is 6.08 Å². The van der Waals surface area contributed by atoms with Crippen LogP contribution >= 0.6 is 55.1 Å². The van der Waals surface area contributed by atoms with Gasteiger partial charge in [-0.1, -0.05) is 47.5 Å². The van der Waals surface area contributed by atoms with E-state index < -0.39 is 5.91 Å². The Morgan fingerprint density at radius 1 is 1.09 bits per heavy atom. The summed E-state index contributed by atoms with van der Waals surface area (Å²) >= 11 is 19.4. The molecule has 1 amide bonds. The van der Waals surface area contributed by atoms with E-state index in [1.807, 2.05) is 43.3 Å². The molecule has 3 rings (SSSR count). The largest absolute Gasteiger partial charge is 0.487 e. The molecule has 0 aliphatic heterocycles. The SMILES string of the molecule is Cc1cc(Br)c(NC(=O)/C(C#N)=C/c2ccc(OCc3ccccc3Cl)c(Cl)c2)c(Br)c1. The lowest BCUT2D eigenvalue weighted by atomic mass is 10.1. The van der Waals surface area contributed by atoms with Gasteiger partial charge in [0.15, 0.2) is 0 Å². The number of carbonyl (C=O) groups is 1. The van der Waals surface area contributed by atoms with Crippen molar-refractivity contribution in [3.63, 3.8) is 0 Å². The van der Waals surface area contributed by atoms with Crippen LogP contribution in [-0.4, -0.2) is 5.91 Å². The van der Waals surface area contributed by atoms with Crippen molar-refractivity contribution in [2.75, 3.05) is 5.32 Å². The summed E-state index contributed by atoms with van der Waals surface area (Å²) in [5, 5.41) is 13.2. The maximum absolute atomic E-state index is 12.7. The van der Waals surface area contributed by atoms with Crippen molar-refractivity contribution >= 4 is 72.7 Å². The molecule has 0 aromatic heterocycles. The fraction of sp³-hybridized carbons (Fsp3) is 0.0833. The van der Waals surface area contributed by atoms with E-state index in [-0.39, 0.29) is 12.2 Å². The Kier molecular flexibility index (Phi) is 8.38. The van der Waals surface area contributed by atoms with Crippen LogP contribution in [0.5, 0.6) is 5.75 Å². The van der Waals surface area contributed by atoms with Crippen LogP contribution in [0.1, 0.15) is 16.7 Å². The van der Waals surface area contributed by atoms with Gasteiger partial charge in [-0.3, -0.25) is 4.79 Å². The summed E-state index contributed by atoms with van der Waals surface area (Å²) in [7, 11) is 0. The number of amides is 1. The van der Waals surface area contributed by atoms with Crippen LogP contribution in [0, 0.1) is 18.3 Å². The molecule has 0 bridgehead atoms. The van der Waals surface area contributed by atoms with Crippen LogP contribution in [0.2, 0.25) is 10.0 Å². The van der Waals surface area contributed by atoms with Gasteiger partial charge in [0.05, 0.1) is 10.7 Å². The molecule has 1 N–H and O–H groups in total. The van der Waals surface area contributed by atoms with E-state index >= 15 is 0 Å². The summed E-state index contributed by atoms with van der Waals surface area (Å²) in [6.07, 6.45) is 1.47. The molecule has 0 saturated heterocycles. The molecule has 0 radical (unpaired) electrons. The lowest BCUT2D eigenvalue weighted by molar-refractivity contribution is -0.112. The number of nitriles is 1. The Morgan fingerprint density at radius 3 is 2.41 bits per heavy atom. The Hall–Kier alpha value is -2.30. The second-order valence-electron chi connectivity index (χ2n) is 6.80. The molecule has 162 valence electrons. The van der Waals surface area contributed by atoms with Gasteiger partial charge in [-0.25, -0.2) is 0 Å². The van der Waals surface area contributed by atoms with Gasteiger partial charge in [0.2, 0.25) is 0 Å². The number of nitrogens with zero attached hydrogens (tertiary/aromatic N) is 1. The molecule has 32 heavy (non-hydrogen) atoms. The maximum atomic E-state index is 12.7. The number of aryl methyl sites for hydroxylation is 1. The average Bonchev–Trinajstić information content (AvgIpc) is 2.74. The lowest BCUT2D eigenvalue weighted by Crippen LogP contribution is -2.14. The first-order valence-corrected chi connectivity index (χ1v) is 11.7. The standard InChI is InChI=1S/C24H16Br2Cl2N2O2/c1-14-8-18(25)23(19(26)9-14)30-24(31)17(12-29)10-15-6-7-22(21(28)11-15)32-13-16-4-2-3-5-20(16)27/h2-11H,13H2,1H3,(H,30,31)/b17-10+. The Labute approximate surface area is 213 Å². The summed E-state index contributed by atoms with van der Waals surface area (Å²) in [6.45, 7) is 2.20. The highest BCUT2D eigenvalue weighted by Crippen LogP contribution is 2.33. The molecular weight excluding hydrogens is 579 g/mol. The van der Waals surface area contributed by atoms with Crippen molar-refractivity contribution in [2.24, 2.45) is 0 Å². The number of nitrogens with one attached hydrogen (secondary N) is 1. The van der Waals surface area contributed by atoms with Crippen LogP contribution in [0.4, 0.5) is 5.69 Å². The zero-order valence-electron chi connectivity index (χ0n) is 16.8. The number of benzene rings is 3. The predicted molar refractivity (Wildman–Crippen MR) is 136 cm³/mol. The van der Waals surface area contributed by atoms with Crippen molar-refractivity contribution in [1.29, 1.82) is 5.26 Å². The molecule has 0 heterocycles. The molecule has 0 unspecified atom stereocenters. The summed E-state index contributed by atoms with van der Waals surface area (Å²) in [5.74, 6) is -0.0628. The zero-order chi connectivity index (χ0) is 23.3. The third-order valence-electron chi connectivity index (χ3n) is 4.40. The van der Waals surface area contributed by atoms with Crippen LogP contribution < -0.4 is 10.1 Å². The molecule has 0 aliphatic carbocycles. The number of carbonyl (C=O) groups excluding carboxylic acids is 1. The van der Waals surface area contributed by atoms with E-state index in [2.05, 4.69) is 37.2 Å². The molecule has 3 aromatic rings. The summed E-state index contributed by atoms with van der Waals surface area (Å²) < 4.78 is 7.17. The minimum atomic E-state index is -0.534. The van der Waals surface area contributed by atoms with Gasteiger partial charge >= 0.3 is 0 Å². The van der Waals surface area contributed by atoms with E-state index in [0.29, 0.717) is 36.0 Å². The summed E-state index contributed by atoms with van der Waals surface area (Å²) in [4.78, 5) is 12.7. The molecule has 8 heteroatoms. The second kappa shape index (κ2) is 11.0. The molecule has 3 aromatic carbocycles. The van der Waals surface area contributed by atoms with Crippen molar-refractivity contribution in [1.82, 2.24) is 0 Å². The van der Waals surface area contributed by atoms with Gasteiger partial charge in [0, 0.05) is 19.5 Å². The van der Waals surface area contributed by atoms with Crippen molar-refractivity contribution < 1.29 is 9.53 Å². The first kappa shape index (κ1) is 24.3. The normalized spacial score (nSPS) is 11.1. The maximum Gasteiger partial charge on any atom is 0.266 e. The van der Waals surface area contributed by atoms with Crippen molar-refractivity contribution in [3.05, 3.63) is 95.9 Å². The molecule has 0 atom stereocenters. The highest BCUT2D eigenvalue weighted by Gasteiger charge is 2.15. The molecule has 0 fully saturated rings. The number of halogens is 4. The monoisotopic (exact) mass is 592 g/mol. The minimum Gasteiger partial charge on any atom is -0.487 e. The fourth-order valence-electron chi connectivity index (χ4n) is 2.81. The van der Waals surface area contributed by atoms with Gasteiger partial charge in [-0.2, -0.15) is 5.26 Å². The van der Waals surface area contributed by atoms with Gasteiger partial charge in [0.25, 0.3) is 5.91 Å². The Balaban J connectivity index is 1.76. The van der Waals surface area contributed by atoms with Gasteiger partial charge < -0.3 is 10.1 Å². The van der Waals surface area contributed by atoms with Crippen molar-refractivity contribution in [2.45, 2.75) is 13.5 Å². The predicted octanol–water partition coefficient (Wildman–Crippen LogP) is 7.95. The summed E-state index contributed by atoms with van der Waals surface area (Å²) in [6, 6.07) is 18.1. The van der Waals surface area contributed by atoms with Gasteiger partial charge in [-0.15, -0.1) is 0 Å². The minimum absolute atomic E-state index is 0.0647. The molecule has 0 spiro atoms. The molecule has 4 nitrogen and oxygen atoms in total. The third-order valence-corrected chi connectivity index (χ3v) is 6.31. The lowest BCUT2D eigenvalue weighted by Gasteiger charge is -2.11. The van der Waals surface area contributed by atoms with Gasteiger partial charge in [-0.05, 0) is 86.3 Å². The first-order chi connectivity index (χ1) is 15.3. The van der Waals surface area contributed by atoms with Crippen LogP contribution in [-0.2, 0) is 11.4 Å². The van der Waals surface area contributed by atoms with Gasteiger partial charge in [0.1, 0.15) is 24.0 Å². The van der Waals surface area contributed by atoms with Crippen LogP contribution in [0.15, 0.2) is 69.1 Å². The third kappa shape index (κ3) is 6.14. The Morgan fingerprint density at radius 2 is 1.78 bits per heavy atom. The molecular formula is C24H16Br2Cl2N2O2. The van der Waals surface area contributed by atoms with Crippen LogP contribution in [0.25, 0.3) is 6.08 Å². The second-order valence-corrected chi connectivity index (χ2v) is 9.32. The smallest absolute Gasteiger partial charge is 0.266 e. The summed E-state index contributed by atoms with van der Waals surface area (Å²) in [5.41, 5.74) is 2.93. The fourth-order valence-corrected chi connectivity index (χ4v) is 4.86. The topological polar surface area (TPSA) is 62.1 Å². The molecule has 0 saturated carbocycles.